The molecule has 9 nitrogen and oxygen atoms in total. The second-order valence-corrected chi connectivity index (χ2v) is 8.63. The molecule has 0 bridgehead atoms. The van der Waals surface area contributed by atoms with Gasteiger partial charge in [-0.15, -0.1) is 0 Å². The van der Waals surface area contributed by atoms with Crippen molar-refractivity contribution in [2.24, 2.45) is 0 Å². The topological polar surface area (TPSA) is 124 Å². The van der Waals surface area contributed by atoms with E-state index < -0.39 is 34.0 Å². The number of halogens is 2. The van der Waals surface area contributed by atoms with E-state index in [2.05, 4.69) is 15.0 Å². The van der Waals surface area contributed by atoms with Gasteiger partial charge >= 0.3 is 5.97 Å². The van der Waals surface area contributed by atoms with Crippen LogP contribution in [0.2, 0.25) is 10.0 Å². The van der Waals surface area contributed by atoms with Crippen molar-refractivity contribution in [3.63, 3.8) is 0 Å². The molecule has 0 aliphatic rings. The summed E-state index contributed by atoms with van der Waals surface area (Å²) in [6.45, 7) is 2.62. The molecule has 0 spiro atoms. The van der Waals surface area contributed by atoms with Crippen molar-refractivity contribution in [3.05, 3.63) is 46.6 Å². The summed E-state index contributed by atoms with van der Waals surface area (Å²) in [4.78, 5) is 28.2. The Bertz CT molecular complexity index is 1030. The Labute approximate surface area is 183 Å². The Kier molecular flexibility index (Phi) is 8.02. The summed E-state index contributed by atoms with van der Waals surface area (Å²) in [5.41, 5.74) is 0. The van der Waals surface area contributed by atoms with Gasteiger partial charge in [0.15, 0.2) is 11.9 Å². The lowest BCUT2D eigenvalue weighted by atomic mass is 10.3. The zero-order chi connectivity index (χ0) is 22.5. The fourth-order valence-electron chi connectivity index (χ4n) is 2.16. The summed E-state index contributed by atoms with van der Waals surface area (Å²) in [6, 6.07) is 5.75. The molecule has 2 N–H and O–H groups in total. The van der Waals surface area contributed by atoms with Crippen LogP contribution in [0.15, 0.2) is 41.4 Å². The predicted molar refractivity (Wildman–Crippen MR) is 111 cm³/mol. The van der Waals surface area contributed by atoms with Crippen molar-refractivity contribution in [1.29, 1.82) is 0 Å². The largest absolute Gasteiger partial charge is 0.497 e. The highest BCUT2D eigenvalue weighted by Crippen LogP contribution is 2.22. The highest BCUT2D eigenvalue weighted by atomic mass is 35.5. The Morgan fingerprint density at radius 2 is 1.77 bits per heavy atom. The van der Waals surface area contributed by atoms with Crippen LogP contribution in [0.5, 0.6) is 5.75 Å². The highest BCUT2D eigenvalue weighted by molar-refractivity contribution is 7.89. The molecule has 2 aromatic rings. The number of benzene rings is 1. The highest BCUT2D eigenvalue weighted by Gasteiger charge is 2.27. The molecule has 2 atom stereocenters. The average molecular weight is 476 g/mol. The Balaban J connectivity index is 1.97. The molecule has 1 heterocycles. The van der Waals surface area contributed by atoms with Gasteiger partial charge in [-0.05, 0) is 44.2 Å². The van der Waals surface area contributed by atoms with Gasteiger partial charge in [-0.2, -0.15) is 4.72 Å². The maximum Gasteiger partial charge on any atom is 0.324 e. The van der Waals surface area contributed by atoms with E-state index in [4.69, 9.17) is 32.7 Å². The van der Waals surface area contributed by atoms with Crippen molar-refractivity contribution in [2.75, 3.05) is 12.4 Å². The first kappa shape index (κ1) is 23.9. The van der Waals surface area contributed by atoms with Crippen molar-refractivity contribution in [3.8, 4) is 5.75 Å². The zero-order valence-corrected chi connectivity index (χ0v) is 18.5. The molecule has 1 aromatic carbocycles. The van der Waals surface area contributed by atoms with Crippen LogP contribution >= 0.6 is 23.2 Å². The van der Waals surface area contributed by atoms with Gasteiger partial charge < -0.3 is 14.8 Å². The third-order valence-corrected chi connectivity index (χ3v) is 5.82. The number of rotatable bonds is 8. The lowest BCUT2D eigenvalue weighted by Crippen LogP contribution is -2.42. The van der Waals surface area contributed by atoms with Crippen molar-refractivity contribution >= 4 is 50.9 Å². The van der Waals surface area contributed by atoms with E-state index in [0.29, 0.717) is 5.75 Å². The van der Waals surface area contributed by atoms with Gasteiger partial charge in [0.05, 0.1) is 22.1 Å². The van der Waals surface area contributed by atoms with Crippen LogP contribution in [0.1, 0.15) is 13.8 Å². The van der Waals surface area contributed by atoms with Crippen LogP contribution in [0.4, 0.5) is 5.82 Å². The molecule has 0 radical (unpaired) electrons. The maximum absolute atomic E-state index is 12.4. The molecular weight excluding hydrogens is 457 g/mol. The van der Waals surface area contributed by atoms with Gasteiger partial charge in [-0.3, -0.25) is 9.59 Å². The Hall–Kier alpha value is -2.40. The van der Waals surface area contributed by atoms with Crippen LogP contribution in [-0.4, -0.2) is 44.5 Å². The molecule has 0 saturated heterocycles. The van der Waals surface area contributed by atoms with Crippen LogP contribution in [-0.2, 0) is 24.3 Å². The van der Waals surface area contributed by atoms with Gasteiger partial charge in [-0.25, -0.2) is 13.4 Å². The molecule has 0 unspecified atom stereocenters. The number of amides is 1. The normalized spacial score (nSPS) is 13.2. The van der Waals surface area contributed by atoms with Crippen LogP contribution < -0.4 is 14.8 Å². The summed E-state index contributed by atoms with van der Waals surface area (Å²) >= 11 is 11.7. The number of anilines is 1. The van der Waals surface area contributed by atoms with Crippen molar-refractivity contribution < 1.29 is 27.5 Å². The third-order valence-electron chi connectivity index (χ3n) is 3.77. The van der Waals surface area contributed by atoms with Gasteiger partial charge in [0.25, 0.3) is 5.91 Å². The number of carbonyl (C=O) groups excluding carboxylic acids is 2. The SMILES string of the molecule is COc1ccc(S(=O)(=O)N[C@H](C)C(=O)O[C@@H](C)C(=O)Nc2ncc(Cl)cc2Cl)cc1. The number of hydrogen-bond acceptors (Lipinski definition) is 7. The lowest BCUT2D eigenvalue weighted by molar-refractivity contribution is -0.154. The fourth-order valence-corrected chi connectivity index (χ4v) is 3.78. The molecule has 162 valence electrons. The summed E-state index contributed by atoms with van der Waals surface area (Å²) in [7, 11) is -2.54. The van der Waals surface area contributed by atoms with Crippen LogP contribution in [0.3, 0.4) is 0 Å². The molecule has 0 fully saturated rings. The quantitative estimate of drug-likeness (QED) is 0.562. The summed E-state index contributed by atoms with van der Waals surface area (Å²) < 4.78 is 37.0. The number of pyridine rings is 1. The first-order chi connectivity index (χ1) is 14.0. The molecule has 2 rings (SSSR count). The van der Waals surface area contributed by atoms with Crippen LogP contribution in [0.25, 0.3) is 0 Å². The number of nitrogens with zero attached hydrogens (tertiary/aromatic N) is 1. The minimum atomic E-state index is -3.99. The van der Waals surface area contributed by atoms with Gasteiger partial charge in [0, 0.05) is 6.20 Å². The summed E-state index contributed by atoms with van der Waals surface area (Å²) in [5, 5.41) is 2.79. The number of aromatic nitrogens is 1. The van der Waals surface area contributed by atoms with Gasteiger partial charge in [0.2, 0.25) is 10.0 Å². The van der Waals surface area contributed by atoms with E-state index in [1.54, 1.807) is 0 Å². The first-order valence-corrected chi connectivity index (χ1v) is 10.8. The smallest absolute Gasteiger partial charge is 0.324 e. The van der Waals surface area contributed by atoms with Gasteiger partial charge in [0.1, 0.15) is 11.8 Å². The molecule has 1 amide bonds. The Morgan fingerprint density at radius 1 is 1.13 bits per heavy atom. The summed E-state index contributed by atoms with van der Waals surface area (Å²) in [5.74, 6) is -1.12. The number of methoxy groups -OCH3 is 1. The number of carbonyl (C=O) groups is 2. The second-order valence-electron chi connectivity index (χ2n) is 6.07. The molecule has 0 saturated carbocycles. The number of nitrogens with one attached hydrogen (secondary N) is 2. The monoisotopic (exact) mass is 475 g/mol. The zero-order valence-electron chi connectivity index (χ0n) is 16.2. The van der Waals surface area contributed by atoms with E-state index in [1.807, 2.05) is 0 Å². The van der Waals surface area contributed by atoms with E-state index >= 15 is 0 Å². The molecule has 1 aromatic heterocycles. The predicted octanol–water partition coefficient (Wildman–Crippen LogP) is 2.63. The van der Waals surface area contributed by atoms with Crippen molar-refractivity contribution in [2.45, 2.75) is 30.9 Å². The molecule has 30 heavy (non-hydrogen) atoms. The minimum absolute atomic E-state index is 0.0437. The van der Waals surface area contributed by atoms with E-state index in [9.17, 15) is 18.0 Å². The Morgan fingerprint density at radius 3 is 2.33 bits per heavy atom. The third kappa shape index (κ3) is 6.30. The molecule has 12 heteroatoms. The first-order valence-electron chi connectivity index (χ1n) is 8.52. The number of hydrogen-bond donors (Lipinski definition) is 2. The average Bonchev–Trinajstić information content (AvgIpc) is 2.69. The number of sulfonamides is 1. The van der Waals surface area contributed by atoms with Crippen molar-refractivity contribution in [1.82, 2.24) is 9.71 Å². The van der Waals surface area contributed by atoms with E-state index in [0.717, 1.165) is 0 Å². The molecule has 0 aliphatic carbocycles. The van der Waals surface area contributed by atoms with E-state index in [-0.39, 0.29) is 20.8 Å². The summed E-state index contributed by atoms with van der Waals surface area (Å²) in [6.07, 6.45) is 0.0504. The molecule has 0 aliphatic heterocycles. The minimum Gasteiger partial charge on any atom is -0.497 e. The molecular formula is C18H19Cl2N3O6S. The fraction of sp³-hybridized carbons (Fsp3) is 0.278. The van der Waals surface area contributed by atoms with E-state index in [1.165, 1.54) is 57.5 Å². The van der Waals surface area contributed by atoms with Gasteiger partial charge in [-0.1, -0.05) is 23.2 Å². The number of ether oxygens (including phenoxy) is 2. The second kappa shape index (κ2) is 10.1. The lowest BCUT2D eigenvalue weighted by Gasteiger charge is -2.18. The van der Waals surface area contributed by atoms with Crippen LogP contribution in [0, 0.1) is 0 Å². The number of esters is 1. The maximum atomic E-state index is 12.4. The standard InChI is InChI=1S/C18H19Cl2N3O6S/c1-10(23-30(26,27)14-6-4-13(28-3)5-7-14)18(25)29-11(2)17(24)22-16-15(20)8-12(19)9-21-16/h4-11,23H,1-3H3,(H,21,22,24)/t10-,11+/m1/s1.